The summed E-state index contributed by atoms with van der Waals surface area (Å²) in [7, 11) is 0. The highest BCUT2D eigenvalue weighted by atomic mass is 35.5. The van der Waals surface area contributed by atoms with E-state index in [0.29, 0.717) is 21.6 Å². The smallest absolute Gasteiger partial charge is 0.141 e. The fourth-order valence-electron chi connectivity index (χ4n) is 1.81. The summed E-state index contributed by atoms with van der Waals surface area (Å²) in [5, 5.41) is 1.13. The lowest BCUT2D eigenvalue weighted by atomic mass is 10.1. The van der Waals surface area contributed by atoms with Gasteiger partial charge in [-0.1, -0.05) is 23.2 Å². The summed E-state index contributed by atoms with van der Waals surface area (Å²) in [5.41, 5.74) is 2.29. The SMILES string of the molecule is Clc1ccc(-c2ncncc2-c2ncc[nH]2)c(Cl)c1. The Morgan fingerprint density at radius 1 is 1.05 bits per heavy atom. The fraction of sp³-hybridized carbons (Fsp3) is 0. The van der Waals surface area contributed by atoms with Gasteiger partial charge >= 0.3 is 0 Å². The van der Waals surface area contributed by atoms with Crippen molar-refractivity contribution >= 4 is 23.2 Å². The zero-order valence-electron chi connectivity index (χ0n) is 9.64. The predicted octanol–water partition coefficient (Wildman–Crippen LogP) is 3.84. The molecule has 4 nitrogen and oxygen atoms in total. The van der Waals surface area contributed by atoms with E-state index in [9.17, 15) is 0 Å². The normalized spacial score (nSPS) is 10.6. The molecule has 6 heteroatoms. The summed E-state index contributed by atoms with van der Waals surface area (Å²) in [5.74, 6) is 0.696. The highest BCUT2D eigenvalue weighted by Crippen LogP contribution is 2.33. The van der Waals surface area contributed by atoms with Crippen molar-refractivity contribution in [3.8, 4) is 22.6 Å². The van der Waals surface area contributed by atoms with Crippen molar-refractivity contribution in [1.82, 2.24) is 19.9 Å². The number of nitrogens with zero attached hydrogens (tertiary/aromatic N) is 3. The highest BCUT2D eigenvalue weighted by molar-refractivity contribution is 6.36. The summed E-state index contributed by atoms with van der Waals surface area (Å²) in [6.07, 6.45) is 6.60. The van der Waals surface area contributed by atoms with E-state index < -0.39 is 0 Å². The van der Waals surface area contributed by atoms with E-state index in [0.717, 1.165) is 11.1 Å². The molecule has 0 amide bonds. The predicted molar refractivity (Wildman–Crippen MR) is 75.1 cm³/mol. The molecule has 1 aromatic carbocycles. The highest BCUT2D eigenvalue weighted by Gasteiger charge is 2.13. The average molecular weight is 291 g/mol. The Labute approximate surface area is 119 Å². The largest absolute Gasteiger partial charge is 0.345 e. The molecule has 94 valence electrons. The minimum Gasteiger partial charge on any atom is -0.345 e. The van der Waals surface area contributed by atoms with Gasteiger partial charge in [0.2, 0.25) is 0 Å². The Hall–Kier alpha value is -1.91. The van der Waals surface area contributed by atoms with Crippen molar-refractivity contribution in [3.63, 3.8) is 0 Å². The minimum absolute atomic E-state index is 0.541. The molecule has 0 saturated heterocycles. The molecule has 2 heterocycles. The number of aromatic amines is 1. The van der Waals surface area contributed by atoms with Crippen LogP contribution in [0.4, 0.5) is 0 Å². The van der Waals surface area contributed by atoms with Gasteiger partial charge in [-0.3, -0.25) is 0 Å². The average Bonchev–Trinajstić information content (AvgIpc) is 2.93. The van der Waals surface area contributed by atoms with Crippen molar-refractivity contribution in [2.75, 3.05) is 0 Å². The maximum Gasteiger partial charge on any atom is 0.141 e. The fourth-order valence-corrected chi connectivity index (χ4v) is 2.31. The van der Waals surface area contributed by atoms with E-state index in [1.807, 2.05) is 6.07 Å². The van der Waals surface area contributed by atoms with Gasteiger partial charge in [0.15, 0.2) is 0 Å². The van der Waals surface area contributed by atoms with Gasteiger partial charge in [0.1, 0.15) is 12.2 Å². The third-order valence-corrected chi connectivity index (χ3v) is 3.20. The molecule has 0 aliphatic carbocycles. The first-order valence-corrected chi connectivity index (χ1v) is 6.26. The number of aromatic nitrogens is 4. The van der Waals surface area contributed by atoms with Crippen molar-refractivity contribution in [2.45, 2.75) is 0 Å². The summed E-state index contributed by atoms with van der Waals surface area (Å²) in [6, 6.07) is 5.29. The van der Waals surface area contributed by atoms with Crippen LogP contribution in [0.25, 0.3) is 22.6 Å². The summed E-state index contributed by atoms with van der Waals surface area (Å²) in [6.45, 7) is 0. The maximum absolute atomic E-state index is 6.22. The molecular weight excluding hydrogens is 283 g/mol. The van der Waals surface area contributed by atoms with Gasteiger partial charge in [-0.2, -0.15) is 0 Å². The van der Waals surface area contributed by atoms with Gasteiger partial charge < -0.3 is 4.98 Å². The molecule has 3 rings (SSSR count). The zero-order chi connectivity index (χ0) is 13.2. The molecule has 0 aliphatic heterocycles. The molecule has 0 fully saturated rings. The second kappa shape index (κ2) is 4.99. The lowest BCUT2D eigenvalue weighted by molar-refractivity contribution is 1.15. The first kappa shape index (κ1) is 12.1. The third-order valence-electron chi connectivity index (χ3n) is 2.65. The van der Waals surface area contributed by atoms with Crippen LogP contribution < -0.4 is 0 Å². The standard InChI is InChI=1S/C13H8Cl2N4/c14-8-1-2-9(11(15)5-8)12-10(6-16-7-19-12)13-17-3-4-18-13/h1-7H,(H,17,18). The van der Waals surface area contributed by atoms with Gasteiger partial charge in [0, 0.05) is 29.2 Å². The molecule has 0 spiro atoms. The molecule has 0 saturated carbocycles. The number of halogens is 2. The second-order valence-electron chi connectivity index (χ2n) is 3.85. The molecular formula is C13H8Cl2N4. The van der Waals surface area contributed by atoms with Gasteiger partial charge in [0.25, 0.3) is 0 Å². The maximum atomic E-state index is 6.22. The minimum atomic E-state index is 0.541. The number of imidazole rings is 1. The summed E-state index contributed by atoms with van der Waals surface area (Å²) < 4.78 is 0. The zero-order valence-corrected chi connectivity index (χ0v) is 11.2. The van der Waals surface area contributed by atoms with Crippen LogP contribution in [0.5, 0.6) is 0 Å². The van der Waals surface area contributed by atoms with Crippen LogP contribution >= 0.6 is 23.2 Å². The quantitative estimate of drug-likeness (QED) is 0.780. The van der Waals surface area contributed by atoms with E-state index in [1.165, 1.54) is 6.33 Å². The van der Waals surface area contributed by atoms with Crippen molar-refractivity contribution in [2.24, 2.45) is 0 Å². The van der Waals surface area contributed by atoms with Crippen molar-refractivity contribution < 1.29 is 0 Å². The Bertz CT molecular complexity index is 710. The van der Waals surface area contributed by atoms with Crippen molar-refractivity contribution in [3.05, 3.63) is 53.2 Å². The van der Waals surface area contributed by atoms with Crippen LogP contribution in [-0.2, 0) is 0 Å². The van der Waals surface area contributed by atoms with Crippen LogP contribution in [0.3, 0.4) is 0 Å². The molecule has 0 atom stereocenters. The number of benzene rings is 1. The van der Waals surface area contributed by atoms with Gasteiger partial charge in [-0.15, -0.1) is 0 Å². The van der Waals surface area contributed by atoms with E-state index >= 15 is 0 Å². The Morgan fingerprint density at radius 3 is 2.68 bits per heavy atom. The Morgan fingerprint density at radius 2 is 1.95 bits per heavy atom. The van der Waals surface area contributed by atoms with Gasteiger partial charge in [0.05, 0.1) is 16.3 Å². The molecule has 1 N–H and O–H groups in total. The number of rotatable bonds is 2. The number of hydrogen-bond acceptors (Lipinski definition) is 3. The third kappa shape index (κ3) is 2.32. The number of H-pyrrole nitrogens is 1. The molecule has 19 heavy (non-hydrogen) atoms. The topological polar surface area (TPSA) is 54.5 Å². The lowest BCUT2D eigenvalue weighted by Crippen LogP contribution is -1.92. The summed E-state index contributed by atoms with van der Waals surface area (Å²) in [4.78, 5) is 15.6. The molecule has 0 unspecified atom stereocenters. The first-order valence-electron chi connectivity index (χ1n) is 5.51. The lowest BCUT2D eigenvalue weighted by Gasteiger charge is -2.08. The van der Waals surface area contributed by atoms with Gasteiger partial charge in [-0.05, 0) is 18.2 Å². The first-order chi connectivity index (χ1) is 9.25. The molecule has 2 aromatic heterocycles. The molecule has 0 radical (unpaired) electrons. The Kier molecular flexibility index (Phi) is 3.19. The number of hydrogen-bond donors (Lipinski definition) is 1. The second-order valence-corrected chi connectivity index (χ2v) is 4.69. The van der Waals surface area contributed by atoms with E-state index in [2.05, 4.69) is 19.9 Å². The van der Waals surface area contributed by atoms with Gasteiger partial charge in [-0.25, -0.2) is 15.0 Å². The molecule has 0 bridgehead atoms. The van der Waals surface area contributed by atoms with Crippen LogP contribution in [-0.4, -0.2) is 19.9 Å². The molecule has 0 aliphatic rings. The van der Waals surface area contributed by atoms with E-state index in [1.54, 1.807) is 30.7 Å². The van der Waals surface area contributed by atoms with Crippen molar-refractivity contribution in [1.29, 1.82) is 0 Å². The molecule has 3 aromatic rings. The van der Waals surface area contributed by atoms with Crippen LogP contribution in [0.15, 0.2) is 43.1 Å². The Balaban J connectivity index is 2.21. The summed E-state index contributed by atoms with van der Waals surface area (Å²) >= 11 is 12.1. The van der Waals surface area contributed by atoms with Crippen LogP contribution in [0.2, 0.25) is 10.0 Å². The van der Waals surface area contributed by atoms with E-state index in [4.69, 9.17) is 23.2 Å². The van der Waals surface area contributed by atoms with Crippen LogP contribution in [0.1, 0.15) is 0 Å². The van der Waals surface area contributed by atoms with E-state index in [-0.39, 0.29) is 0 Å². The van der Waals surface area contributed by atoms with Crippen LogP contribution in [0, 0.1) is 0 Å². The number of nitrogens with one attached hydrogen (secondary N) is 1. The monoisotopic (exact) mass is 290 g/mol.